The summed E-state index contributed by atoms with van der Waals surface area (Å²) in [6, 6.07) is 14.5. The third-order valence-electron chi connectivity index (χ3n) is 6.40. The highest BCUT2D eigenvalue weighted by atomic mass is 16.5. The summed E-state index contributed by atoms with van der Waals surface area (Å²) >= 11 is 0. The number of aliphatic hydroxyl groups excluding tert-OH is 1. The molecule has 1 heterocycles. The van der Waals surface area contributed by atoms with Crippen LogP contribution in [0.25, 0.3) is 21.9 Å². The molecule has 2 atom stereocenters. The van der Waals surface area contributed by atoms with Gasteiger partial charge in [0.25, 0.3) is 0 Å². The largest absolute Gasteiger partial charge is 0.508 e. The van der Waals surface area contributed by atoms with Gasteiger partial charge in [0.2, 0.25) is 0 Å². The van der Waals surface area contributed by atoms with Crippen LogP contribution in [0.2, 0.25) is 0 Å². The van der Waals surface area contributed by atoms with Gasteiger partial charge in [-0.1, -0.05) is 24.3 Å². The lowest BCUT2D eigenvalue weighted by atomic mass is 9.91. The van der Waals surface area contributed by atoms with Crippen LogP contribution in [-0.4, -0.2) is 47.5 Å². The van der Waals surface area contributed by atoms with E-state index in [1.165, 1.54) is 7.11 Å². The van der Waals surface area contributed by atoms with Crippen LogP contribution in [-0.2, 0) is 16.0 Å². The highest BCUT2D eigenvalue weighted by molar-refractivity contribution is 5.90. The number of ether oxygens (including phenoxy) is 2. The summed E-state index contributed by atoms with van der Waals surface area (Å²) < 4.78 is 11.3. The Kier molecular flexibility index (Phi) is 7.16. The van der Waals surface area contributed by atoms with Crippen molar-refractivity contribution in [3.05, 3.63) is 54.1 Å². The molecule has 1 fully saturated rings. The van der Waals surface area contributed by atoms with Crippen molar-refractivity contribution >= 4 is 16.6 Å². The Labute approximate surface area is 193 Å². The van der Waals surface area contributed by atoms with Gasteiger partial charge in [0.1, 0.15) is 11.5 Å². The molecular formula is C27H30O6. The van der Waals surface area contributed by atoms with Gasteiger partial charge < -0.3 is 24.8 Å². The zero-order valence-electron chi connectivity index (χ0n) is 18.8. The number of hydrogen-bond donors (Lipinski definition) is 3. The number of aromatic hydroxyl groups is 2. The van der Waals surface area contributed by atoms with E-state index in [0.29, 0.717) is 38.0 Å². The first-order valence-electron chi connectivity index (χ1n) is 11.3. The molecule has 0 radical (unpaired) electrons. The Hall–Kier alpha value is -3.09. The molecule has 1 aliphatic heterocycles. The molecule has 33 heavy (non-hydrogen) atoms. The van der Waals surface area contributed by atoms with Crippen LogP contribution >= 0.6 is 0 Å². The lowest BCUT2D eigenvalue weighted by molar-refractivity contribution is -0.123. The first kappa shape index (κ1) is 23.1. The second-order valence-electron chi connectivity index (χ2n) is 8.71. The van der Waals surface area contributed by atoms with Gasteiger partial charge >= 0.3 is 0 Å². The number of aliphatic hydroxyl groups is 1. The van der Waals surface area contributed by atoms with Gasteiger partial charge in [0.05, 0.1) is 13.2 Å². The Balaban J connectivity index is 1.57. The summed E-state index contributed by atoms with van der Waals surface area (Å²) in [4.78, 5) is 12.7. The number of ketones is 1. The van der Waals surface area contributed by atoms with E-state index in [4.69, 9.17) is 9.47 Å². The first-order valence-corrected chi connectivity index (χ1v) is 11.3. The van der Waals surface area contributed by atoms with E-state index in [2.05, 4.69) is 0 Å². The van der Waals surface area contributed by atoms with Gasteiger partial charge in [0.15, 0.2) is 11.5 Å². The fourth-order valence-electron chi connectivity index (χ4n) is 4.63. The van der Waals surface area contributed by atoms with Gasteiger partial charge in [-0.15, -0.1) is 0 Å². The van der Waals surface area contributed by atoms with E-state index in [9.17, 15) is 20.1 Å². The molecule has 3 aromatic rings. The number of fused-ring (bicyclic) bond motifs is 1. The molecule has 0 unspecified atom stereocenters. The van der Waals surface area contributed by atoms with E-state index in [0.717, 1.165) is 33.9 Å². The third kappa shape index (κ3) is 5.29. The van der Waals surface area contributed by atoms with Crippen LogP contribution in [0.4, 0.5) is 0 Å². The number of benzene rings is 3. The molecule has 0 aromatic heterocycles. The predicted molar refractivity (Wildman–Crippen MR) is 127 cm³/mol. The van der Waals surface area contributed by atoms with E-state index >= 15 is 0 Å². The lowest BCUT2D eigenvalue weighted by Gasteiger charge is -2.28. The average Bonchev–Trinajstić information content (AvgIpc) is 2.82. The quantitative estimate of drug-likeness (QED) is 0.464. The second kappa shape index (κ2) is 10.2. The summed E-state index contributed by atoms with van der Waals surface area (Å²) in [6.45, 7) is 0.717. The minimum absolute atomic E-state index is 0.0317. The molecule has 1 saturated heterocycles. The fourth-order valence-corrected chi connectivity index (χ4v) is 4.63. The van der Waals surface area contributed by atoms with Gasteiger partial charge in [-0.3, -0.25) is 4.79 Å². The van der Waals surface area contributed by atoms with Crippen molar-refractivity contribution < 1.29 is 29.6 Å². The summed E-state index contributed by atoms with van der Waals surface area (Å²) in [5.41, 5.74) is 2.48. The standard InChI is InChI=1S/C27H30O6/c1-32-27-25(31)9-6-19(5-8-23(30)15-24-12-17(16-28)10-11-33-24)26(27)20-3-2-18-4-7-22(29)14-21(18)13-20/h2-4,6-7,9,13-14,17,24,28-29,31H,5,8,10-12,15-16H2,1H3/t17-,24+/m1/s1. The number of Topliss-reactive ketones (excluding diaryl/α,β-unsaturated/α-hetero) is 1. The van der Waals surface area contributed by atoms with E-state index in [-0.39, 0.29) is 35.9 Å². The molecule has 0 amide bonds. The van der Waals surface area contributed by atoms with Gasteiger partial charge in [-0.2, -0.15) is 0 Å². The van der Waals surface area contributed by atoms with Crippen molar-refractivity contribution in [1.82, 2.24) is 0 Å². The summed E-state index contributed by atoms with van der Waals surface area (Å²) in [7, 11) is 1.51. The minimum atomic E-state index is -0.134. The topological polar surface area (TPSA) is 96.2 Å². The SMILES string of the molecule is COc1c(O)ccc(CCC(=O)C[C@@H]2C[C@H](CO)CCO2)c1-c1ccc2ccc(O)cc2c1. The third-order valence-corrected chi connectivity index (χ3v) is 6.40. The molecule has 1 aliphatic rings. The van der Waals surface area contributed by atoms with Crippen LogP contribution in [0.1, 0.15) is 31.2 Å². The Morgan fingerprint density at radius 3 is 2.70 bits per heavy atom. The number of phenolic OH excluding ortho intramolecular Hbond substituents is 2. The van der Waals surface area contributed by atoms with Crippen LogP contribution in [0, 0.1) is 5.92 Å². The Bertz CT molecular complexity index is 1140. The smallest absolute Gasteiger partial charge is 0.168 e. The molecule has 3 N–H and O–H groups in total. The van der Waals surface area contributed by atoms with Crippen molar-refractivity contribution in [2.75, 3.05) is 20.3 Å². The monoisotopic (exact) mass is 450 g/mol. The van der Waals surface area contributed by atoms with Crippen LogP contribution < -0.4 is 4.74 Å². The maximum absolute atomic E-state index is 12.7. The van der Waals surface area contributed by atoms with E-state index in [1.807, 2.05) is 30.3 Å². The zero-order valence-corrected chi connectivity index (χ0v) is 18.8. The van der Waals surface area contributed by atoms with E-state index in [1.54, 1.807) is 18.2 Å². The number of methoxy groups -OCH3 is 1. The predicted octanol–water partition coefficient (Wildman–Crippen LogP) is 4.61. The minimum Gasteiger partial charge on any atom is -0.508 e. The normalized spacial score (nSPS) is 18.4. The highest BCUT2D eigenvalue weighted by Gasteiger charge is 2.24. The zero-order chi connectivity index (χ0) is 23.4. The van der Waals surface area contributed by atoms with Gasteiger partial charge in [0, 0.05) is 31.6 Å². The first-order chi connectivity index (χ1) is 16.0. The molecule has 6 nitrogen and oxygen atoms in total. The van der Waals surface area contributed by atoms with Gasteiger partial charge in [-0.05, 0) is 71.3 Å². The molecule has 0 spiro atoms. The molecular weight excluding hydrogens is 420 g/mol. The van der Waals surface area contributed by atoms with Crippen LogP contribution in [0.3, 0.4) is 0 Å². The number of hydrogen-bond acceptors (Lipinski definition) is 6. The summed E-state index contributed by atoms with van der Waals surface area (Å²) in [5.74, 6) is 0.892. The highest BCUT2D eigenvalue weighted by Crippen LogP contribution is 2.41. The molecule has 4 rings (SSSR count). The molecule has 6 heteroatoms. The lowest BCUT2D eigenvalue weighted by Crippen LogP contribution is -2.29. The molecule has 174 valence electrons. The number of carbonyl (C=O) groups excluding carboxylic acids is 1. The maximum atomic E-state index is 12.7. The van der Waals surface area contributed by atoms with Crippen molar-refractivity contribution in [1.29, 1.82) is 0 Å². The van der Waals surface area contributed by atoms with Crippen molar-refractivity contribution in [2.24, 2.45) is 5.92 Å². The summed E-state index contributed by atoms with van der Waals surface area (Å²) in [6.07, 6.45) is 2.60. The van der Waals surface area contributed by atoms with Crippen molar-refractivity contribution in [3.8, 4) is 28.4 Å². The van der Waals surface area contributed by atoms with Crippen molar-refractivity contribution in [2.45, 2.75) is 38.2 Å². The number of aryl methyl sites for hydroxylation is 1. The second-order valence-corrected chi connectivity index (χ2v) is 8.71. The van der Waals surface area contributed by atoms with Gasteiger partial charge in [-0.25, -0.2) is 0 Å². The molecule has 0 bridgehead atoms. The molecule has 0 saturated carbocycles. The molecule has 3 aromatic carbocycles. The maximum Gasteiger partial charge on any atom is 0.168 e. The Morgan fingerprint density at radius 2 is 1.91 bits per heavy atom. The summed E-state index contributed by atoms with van der Waals surface area (Å²) in [5, 5.41) is 31.5. The number of rotatable bonds is 8. The van der Waals surface area contributed by atoms with E-state index < -0.39 is 0 Å². The van der Waals surface area contributed by atoms with Crippen LogP contribution in [0.15, 0.2) is 48.5 Å². The Morgan fingerprint density at radius 1 is 1.09 bits per heavy atom. The number of phenols is 2. The van der Waals surface area contributed by atoms with Crippen LogP contribution in [0.5, 0.6) is 17.2 Å². The fraction of sp³-hybridized carbons (Fsp3) is 0.370. The average molecular weight is 451 g/mol. The van der Waals surface area contributed by atoms with Crippen molar-refractivity contribution in [3.63, 3.8) is 0 Å². The molecule has 0 aliphatic carbocycles. The number of carbonyl (C=O) groups is 1.